The van der Waals surface area contributed by atoms with Crippen LogP contribution in [-0.2, 0) is 25.9 Å². The second kappa shape index (κ2) is 5.74. The zero-order valence-corrected chi connectivity index (χ0v) is 12.6. The zero-order valence-electron chi connectivity index (χ0n) is 12.6. The smallest absolute Gasteiger partial charge is 0.134 e. The summed E-state index contributed by atoms with van der Waals surface area (Å²) in [6.45, 7) is 5.40. The molecule has 3 aromatic rings. The Balaban J connectivity index is 2.03. The number of aryl methyl sites for hydroxylation is 2. The van der Waals surface area contributed by atoms with Crippen molar-refractivity contribution in [2.24, 2.45) is 5.73 Å². The Morgan fingerprint density at radius 2 is 2.00 bits per heavy atom. The topological polar surface area (TPSA) is 57.0 Å². The molecule has 0 unspecified atom stereocenters. The second-order valence-electron chi connectivity index (χ2n) is 5.20. The summed E-state index contributed by atoms with van der Waals surface area (Å²) in [5.41, 5.74) is 10.3. The number of fused-ring (bicyclic) bond motifs is 1. The minimum absolute atomic E-state index is 0.482. The molecule has 0 bridgehead atoms. The third kappa shape index (κ3) is 2.47. The Bertz CT molecular complexity index is 755. The summed E-state index contributed by atoms with van der Waals surface area (Å²) in [5, 5.41) is 5.76. The molecule has 21 heavy (non-hydrogen) atoms. The first-order chi connectivity index (χ1) is 10.3. The van der Waals surface area contributed by atoms with Gasteiger partial charge in [0.2, 0.25) is 0 Å². The lowest BCUT2D eigenvalue weighted by molar-refractivity contribution is 0.495. The van der Waals surface area contributed by atoms with Gasteiger partial charge in [0.05, 0.1) is 12.2 Å². The molecule has 4 nitrogen and oxygen atoms in total. The fourth-order valence-electron chi connectivity index (χ4n) is 2.75. The maximum atomic E-state index is 6.00. The lowest BCUT2D eigenvalue weighted by Crippen LogP contribution is -2.08. The summed E-state index contributed by atoms with van der Waals surface area (Å²) in [6.07, 6.45) is 1.91. The van der Waals surface area contributed by atoms with Gasteiger partial charge >= 0.3 is 0 Å². The Morgan fingerprint density at radius 1 is 1.19 bits per heavy atom. The van der Waals surface area contributed by atoms with E-state index in [-0.39, 0.29) is 0 Å². The van der Waals surface area contributed by atoms with Gasteiger partial charge in [-0.2, -0.15) is 5.10 Å². The van der Waals surface area contributed by atoms with Crippen LogP contribution in [0.1, 0.15) is 36.6 Å². The average molecular weight is 283 g/mol. The van der Waals surface area contributed by atoms with E-state index in [1.165, 1.54) is 5.69 Å². The quantitative estimate of drug-likeness (QED) is 0.782. The predicted molar refractivity (Wildman–Crippen MR) is 84.2 cm³/mol. The third-order valence-electron chi connectivity index (χ3n) is 3.92. The molecule has 0 spiro atoms. The first-order valence-electron chi connectivity index (χ1n) is 7.51. The molecule has 3 rings (SSSR count). The van der Waals surface area contributed by atoms with Crippen LogP contribution in [0, 0.1) is 0 Å². The summed E-state index contributed by atoms with van der Waals surface area (Å²) in [5.74, 6) is 0.916. The number of nitrogens with zero attached hydrogens (tertiary/aromatic N) is 2. The Hall–Kier alpha value is -2.07. The lowest BCUT2D eigenvalue weighted by Gasteiger charge is -2.05. The molecule has 1 aromatic carbocycles. The van der Waals surface area contributed by atoms with Crippen LogP contribution in [0.3, 0.4) is 0 Å². The SMILES string of the molecule is CCc1cc(CC)n(Cc2oc3ccccc3c2CN)n1. The molecular formula is C17H21N3O. The van der Waals surface area contributed by atoms with Gasteiger partial charge < -0.3 is 10.2 Å². The van der Waals surface area contributed by atoms with Crippen molar-refractivity contribution >= 4 is 11.0 Å². The molecule has 0 fully saturated rings. The first-order valence-corrected chi connectivity index (χ1v) is 7.51. The summed E-state index contributed by atoms with van der Waals surface area (Å²) in [4.78, 5) is 0. The van der Waals surface area contributed by atoms with Crippen molar-refractivity contribution in [3.8, 4) is 0 Å². The second-order valence-corrected chi connectivity index (χ2v) is 5.20. The van der Waals surface area contributed by atoms with E-state index in [0.717, 1.165) is 40.8 Å². The predicted octanol–water partition coefficient (Wildman–Crippen LogP) is 3.26. The van der Waals surface area contributed by atoms with Crippen LogP contribution in [0.5, 0.6) is 0 Å². The standard InChI is InChI=1S/C17H21N3O/c1-3-12-9-13(4-2)20(19-12)11-17-15(10-18)14-7-5-6-8-16(14)21-17/h5-9H,3-4,10-11,18H2,1-2H3. The number of nitrogens with two attached hydrogens (primary N) is 1. The average Bonchev–Trinajstić information content (AvgIpc) is 3.07. The van der Waals surface area contributed by atoms with Crippen LogP contribution >= 0.6 is 0 Å². The molecule has 0 amide bonds. The summed E-state index contributed by atoms with van der Waals surface area (Å²) >= 11 is 0. The normalized spacial score (nSPS) is 11.4. The molecule has 0 saturated carbocycles. The Morgan fingerprint density at radius 3 is 2.71 bits per heavy atom. The molecule has 4 heteroatoms. The molecular weight excluding hydrogens is 262 g/mol. The Labute approximate surface area is 124 Å². The molecule has 0 aliphatic carbocycles. The van der Waals surface area contributed by atoms with Crippen molar-refractivity contribution in [2.45, 2.75) is 39.8 Å². The van der Waals surface area contributed by atoms with Crippen LogP contribution in [-0.4, -0.2) is 9.78 Å². The lowest BCUT2D eigenvalue weighted by atomic mass is 10.1. The van der Waals surface area contributed by atoms with Crippen molar-refractivity contribution in [1.82, 2.24) is 9.78 Å². The van der Waals surface area contributed by atoms with Crippen LogP contribution in [0.4, 0.5) is 0 Å². The number of benzene rings is 1. The van der Waals surface area contributed by atoms with E-state index in [2.05, 4.69) is 31.1 Å². The van der Waals surface area contributed by atoms with Crippen molar-refractivity contribution in [3.05, 3.63) is 53.0 Å². The van der Waals surface area contributed by atoms with Crippen LogP contribution in [0.25, 0.3) is 11.0 Å². The monoisotopic (exact) mass is 283 g/mol. The van der Waals surface area contributed by atoms with Crippen molar-refractivity contribution in [1.29, 1.82) is 0 Å². The van der Waals surface area contributed by atoms with E-state index < -0.39 is 0 Å². The number of furan rings is 1. The van der Waals surface area contributed by atoms with Crippen LogP contribution in [0.2, 0.25) is 0 Å². The highest BCUT2D eigenvalue weighted by Crippen LogP contribution is 2.26. The van der Waals surface area contributed by atoms with E-state index in [0.29, 0.717) is 13.1 Å². The highest BCUT2D eigenvalue weighted by atomic mass is 16.3. The van der Waals surface area contributed by atoms with Gasteiger partial charge in [-0.1, -0.05) is 32.0 Å². The fraction of sp³-hybridized carbons (Fsp3) is 0.353. The number of hydrogen-bond acceptors (Lipinski definition) is 3. The van der Waals surface area contributed by atoms with Gasteiger partial charge in [-0.15, -0.1) is 0 Å². The van der Waals surface area contributed by atoms with Crippen LogP contribution < -0.4 is 5.73 Å². The zero-order chi connectivity index (χ0) is 14.8. The number of rotatable bonds is 5. The molecule has 0 radical (unpaired) electrons. The largest absolute Gasteiger partial charge is 0.459 e. The molecule has 0 atom stereocenters. The van der Waals surface area contributed by atoms with Gasteiger partial charge in [-0.05, 0) is 25.0 Å². The molecule has 0 aliphatic rings. The molecule has 2 N–H and O–H groups in total. The maximum absolute atomic E-state index is 6.00. The highest BCUT2D eigenvalue weighted by molar-refractivity contribution is 5.82. The van der Waals surface area contributed by atoms with Gasteiger partial charge in [0.15, 0.2) is 0 Å². The summed E-state index contributed by atoms with van der Waals surface area (Å²) in [6, 6.07) is 10.2. The summed E-state index contributed by atoms with van der Waals surface area (Å²) < 4.78 is 8.03. The first kappa shape index (κ1) is 13.9. The van der Waals surface area contributed by atoms with Crippen molar-refractivity contribution in [3.63, 3.8) is 0 Å². The van der Waals surface area contributed by atoms with Gasteiger partial charge in [0.25, 0.3) is 0 Å². The number of hydrogen-bond donors (Lipinski definition) is 1. The highest BCUT2D eigenvalue weighted by Gasteiger charge is 2.15. The molecule has 2 heterocycles. The third-order valence-corrected chi connectivity index (χ3v) is 3.92. The number of para-hydroxylation sites is 1. The van der Waals surface area contributed by atoms with Crippen LogP contribution in [0.15, 0.2) is 34.7 Å². The molecule has 0 saturated heterocycles. The summed E-state index contributed by atoms with van der Waals surface area (Å²) in [7, 11) is 0. The van der Waals surface area contributed by atoms with Gasteiger partial charge in [-0.25, -0.2) is 0 Å². The molecule has 0 aliphatic heterocycles. The van der Waals surface area contributed by atoms with Gasteiger partial charge in [-0.3, -0.25) is 4.68 Å². The molecule has 110 valence electrons. The maximum Gasteiger partial charge on any atom is 0.134 e. The van der Waals surface area contributed by atoms with Gasteiger partial charge in [0.1, 0.15) is 11.3 Å². The van der Waals surface area contributed by atoms with Crippen molar-refractivity contribution in [2.75, 3.05) is 0 Å². The van der Waals surface area contributed by atoms with Crippen molar-refractivity contribution < 1.29 is 4.42 Å². The van der Waals surface area contributed by atoms with Gasteiger partial charge in [0, 0.05) is 23.2 Å². The van der Waals surface area contributed by atoms with E-state index in [1.807, 2.05) is 22.9 Å². The van der Waals surface area contributed by atoms with E-state index in [9.17, 15) is 0 Å². The minimum Gasteiger partial charge on any atom is -0.459 e. The van der Waals surface area contributed by atoms with E-state index in [1.54, 1.807) is 0 Å². The number of aromatic nitrogens is 2. The minimum atomic E-state index is 0.482. The Kier molecular flexibility index (Phi) is 3.80. The molecule has 2 aromatic heterocycles. The fourth-order valence-corrected chi connectivity index (χ4v) is 2.75. The van der Waals surface area contributed by atoms with E-state index >= 15 is 0 Å². The van der Waals surface area contributed by atoms with E-state index in [4.69, 9.17) is 10.2 Å².